The maximum absolute atomic E-state index is 10.1. The molecule has 0 rings (SSSR count). The molecule has 0 heterocycles. The summed E-state index contributed by atoms with van der Waals surface area (Å²) in [4.78, 5) is 20.3. The minimum atomic E-state index is -1.05. The number of quaternary nitrogens is 2. The number of carbonyl (C=O) groups excluding carboxylic acids is 2. The summed E-state index contributed by atoms with van der Waals surface area (Å²) < 4.78 is 0. The van der Waals surface area contributed by atoms with E-state index in [0.29, 0.717) is 0 Å². The Morgan fingerprint density at radius 2 is 1.11 bits per heavy atom. The fourth-order valence-corrected chi connectivity index (χ4v) is 1.03. The molecule has 0 unspecified atom stereocenters. The molecular weight excluding hydrogens is 236 g/mol. The van der Waals surface area contributed by atoms with Crippen molar-refractivity contribution in [2.24, 2.45) is 11.8 Å². The monoisotopic (exact) mass is 262 g/mol. The molecule has 6 heteroatoms. The number of rotatable bonds is 6. The van der Waals surface area contributed by atoms with Crippen LogP contribution in [0, 0.1) is 11.8 Å². The van der Waals surface area contributed by atoms with Gasteiger partial charge < -0.3 is 31.3 Å². The first-order valence-electron chi connectivity index (χ1n) is 6.26. The standard InChI is InChI=1S/2C6H13NO2/c2*1-3-4(2)5(7)6(8)9/h2*4-5H,3,7H2,1-2H3,(H,8,9)/t2*4-,5-/m00/s1. The fourth-order valence-electron chi connectivity index (χ4n) is 1.03. The van der Waals surface area contributed by atoms with Gasteiger partial charge >= 0.3 is 0 Å². The van der Waals surface area contributed by atoms with Crippen LogP contribution in [0.3, 0.4) is 0 Å². The average Bonchev–Trinajstić information content (AvgIpc) is 2.35. The Labute approximate surface area is 108 Å². The third kappa shape index (κ3) is 8.03. The molecule has 0 aromatic carbocycles. The maximum Gasteiger partial charge on any atom is 0.127 e. The van der Waals surface area contributed by atoms with Crippen LogP contribution >= 0.6 is 0 Å². The van der Waals surface area contributed by atoms with Gasteiger partial charge in [-0.2, -0.15) is 0 Å². The Morgan fingerprint density at radius 1 is 0.889 bits per heavy atom. The Hall–Kier alpha value is -1.14. The average molecular weight is 262 g/mol. The number of carboxylic acid groups (broad SMARTS) is 2. The predicted molar refractivity (Wildman–Crippen MR) is 62.3 cm³/mol. The summed E-state index contributed by atoms with van der Waals surface area (Å²) in [5, 5.41) is 20.3. The van der Waals surface area contributed by atoms with Crippen LogP contribution in [0.5, 0.6) is 0 Å². The number of carboxylic acids is 2. The molecule has 6 N–H and O–H groups in total. The van der Waals surface area contributed by atoms with Crippen molar-refractivity contribution in [1.29, 1.82) is 0 Å². The summed E-state index contributed by atoms with van der Waals surface area (Å²) >= 11 is 0. The maximum atomic E-state index is 10.1. The van der Waals surface area contributed by atoms with Gasteiger partial charge in [0.2, 0.25) is 0 Å². The second kappa shape index (κ2) is 9.85. The molecule has 0 aromatic rings. The molecule has 0 aliphatic rings. The van der Waals surface area contributed by atoms with Crippen molar-refractivity contribution in [1.82, 2.24) is 0 Å². The van der Waals surface area contributed by atoms with Crippen LogP contribution in [0.2, 0.25) is 0 Å². The van der Waals surface area contributed by atoms with Crippen LogP contribution in [0.4, 0.5) is 0 Å². The van der Waals surface area contributed by atoms with E-state index < -0.39 is 24.0 Å². The van der Waals surface area contributed by atoms with Gasteiger partial charge in [0, 0.05) is 11.8 Å². The zero-order chi connectivity index (χ0) is 14.9. The fraction of sp³-hybridized carbons (Fsp3) is 0.833. The van der Waals surface area contributed by atoms with E-state index in [9.17, 15) is 19.8 Å². The van der Waals surface area contributed by atoms with Gasteiger partial charge in [0.1, 0.15) is 12.1 Å². The lowest BCUT2D eigenvalue weighted by atomic mass is 10.0. The Bertz CT molecular complexity index is 232. The smallest absolute Gasteiger partial charge is 0.127 e. The number of hydrogen-bond acceptors (Lipinski definition) is 4. The molecule has 18 heavy (non-hydrogen) atoms. The molecule has 108 valence electrons. The summed E-state index contributed by atoms with van der Waals surface area (Å²) in [5.74, 6) is -1.86. The van der Waals surface area contributed by atoms with E-state index in [1.165, 1.54) is 0 Å². The van der Waals surface area contributed by atoms with E-state index in [2.05, 4.69) is 11.5 Å². The van der Waals surface area contributed by atoms with Crippen molar-refractivity contribution < 1.29 is 31.3 Å². The topological polar surface area (TPSA) is 136 Å². The Kier molecular flexibility index (Phi) is 10.5. The lowest BCUT2D eigenvalue weighted by molar-refractivity contribution is -0.447. The summed E-state index contributed by atoms with van der Waals surface area (Å²) in [5.41, 5.74) is 6.89. The van der Waals surface area contributed by atoms with E-state index in [1.807, 2.05) is 27.7 Å². The van der Waals surface area contributed by atoms with Crippen LogP contribution in [0.25, 0.3) is 0 Å². The molecule has 0 aliphatic heterocycles. The molecule has 0 bridgehead atoms. The highest BCUT2D eigenvalue weighted by Crippen LogP contribution is 2.02. The quantitative estimate of drug-likeness (QED) is 0.520. The SMILES string of the molecule is CC[C@H](C)[C@H]([NH3+])C(=O)[O-].CC[C@H](C)[C@H]([NH3+])C(=O)[O-]. The molecule has 0 saturated carbocycles. The van der Waals surface area contributed by atoms with Gasteiger partial charge in [-0.15, -0.1) is 0 Å². The highest BCUT2D eigenvalue weighted by Gasteiger charge is 2.14. The number of carbonyl (C=O) groups is 2. The van der Waals surface area contributed by atoms with Gasteiger partial charge in [0.15, 0.2) is 0 Å². The predicted octanol–water partition coefficient (Wildman–Crippen LogP) is -3.21. The summed E-state index contributed by atoms with van der Waals surface area (Å²) in [6.45, 7) is 7.58. The first-order chi connectivity index (χ1) is 8.18. The normalized spacial score (nSPS) is 16.8. The van der Waals surface area contributed by atoms with Crippen molar-refractivity contribution >= 4 is 11.9 Å². The minimum absolute atomic E-state index is 0.120. The lowest BCUT2D eigenvalue weighted by Crippen LogP contribution is -2.70. The second-order valence-electron chi connectivity index (χ2n) is 4.62. The molecular formula is C12H26N2O4. The summed E-state index contributed by atoms with van der Waals surface area (Å²) in [6, 6.07) is -1.12. The van der Waals surface area contributed by atoms with Crippen molar-refractivity contribution in [2.75, 3.05) is 0 Å². The zero-order valence-corrected chi connectivity index (χ0v) is 11.8. The highest BCUT2D eigenvalue weighted by atomic mass is 16.4. The molecule has 6 nitrogen and oxygen atoms in total. The van der Waals surface area contributed by atoms with E-state index in [4.69, 9.17) is 0 Å². The third-order valence-corrected chi connectivity index (χ3v) is 3.27. The second-order valence-corrected chi connectivity index (χ2v) is 4.62. The van der Waals surface area contributed by atoms with Crippen molar-refractivity contribution in [2.45, 2.75) is 52.6 Å². The first kappa shape index (κ1) is 19.2. The molecule has 0 aromatic heterocycles. The third-order valence-electron chi connectivity index (χ3n) is 3.27. The van der Waals surface area contributed by atoms with E-state index in [1.54, 1.807) is 0 Å². The Balaban J connectivity index is 0. The van der Waals surface area contributed by atoms with E-state index in [-0.39, 0.29) is 11.8 Å². The van der Waals surface area contributed by atoms with Gasteiger partial charge in [0.05, 0.1) is 11.9 Å². The number of hydrogen-bond donors (Lipinski definition) is 2. The van der Waals surface area contributed by atoms with Gasteiger partial charge in [0.25, 0.3) is 0 Å². The molecule has 0 saturated heterocycles. The zero-order valence-electron chi connectivity index (χ0n) is 11.8. The van der Waals surface area contributed by atoms with Crippen LogP contribution in [-0.2, 0) is 9.59 Å². The van der Waals surface area contributed by atoms with Crippen molar-refractivity contribution in [3.63, 3.8) is 0 Å². The number of aliphatic carboxylic acids is 2. The molecule has 0 amide bonds. The first-order valence-corrected chi connectivity index (χ1v) is 6.26. The molecule has 0 fully saturated rings. The van der Waals surface area contributed by atoms with Crippen LogP contribution < -0.4 is 21.7 Å². The van der Waals surface area contributed by atoms with Gasteiger partial charge in [-0.25, -0.2) is 0 Å². The van der Waals surface area contributed by atoms with Crippen LogP contribution in [0.1, 0.15) is 40.5 Å². The van der Waals surface area contributed by atoms with Gasteiger partial charge in [-0.05, 0) is 12.8 Å². The van der Waals surface area contributed by atoms with Crippen LogP contribution in [-0.4, -0.2) is 24.0 Å². The molecule has 4 atom stereocenters. The summed E-state index contributed by atoms with van der Waals surface area (Å²) in [6.07, 6.45) is 1.67. The van der Waals surface area contributed by atoms with Gasteiger partial charge in [-0.3, -0.25) is 0 Å². The van der Waals surface area contributed by atoms with Crippen LogP contribution in [0.15, 0.2) is 0 Å². The van der Waals surface area contributed by atoms with Crippen molar-refractivity contribution in [3.05, 3.63) is 0 Å². The molecule has 0 radical (unpaired) electrons. The van der Waals surface area contributed by atoms with E-state index in [0.717, 1.165) is 12.8 Å². The van der Waals surface area contributed by atoms with E-state index >= 15 is 0 Å². The Morgan fingerprint density at radius 3 is 1.17 bits per heavy atom. The van der Waals surface area contributed by atoms with Crippen molar-refractivity contribution in [3.8, 4) is 0 Å². The highest BCUT2D eigenvalue weighted by molar-refractivity contribution is 5.69. The largest absolute Gasteiger partial charge is 0.544 e. The lowest BCUT2D eigenvalue weighted by Gasteiger charge is -2.14. The van der Waals surface area contributed by atoms with Gasteiger partial charge in [-0.1, -0.05) is 27.7 Å². The minimum Gasteiger partial charge on any atom is -0.544 e. The molecule has 0 spiro atoms. The summed E-state index contributed by atoms with van der Waals surface area (Å²) in [7, 11) is 0. The molecule has 0 aliphatic carbocycles.